The first-order chi connectivity index (χ1) is 8.56. The second-order valence-corrected chi connectivity index (χ2v) is 4.98. The van der Waals surface area contributed by atoms with Crippen LogP contribution in [0.15, 0.2) is 0 Å². The van der Waals surface area contributed by atoms with E-state index in [0.29, 0.717) is 18.2 Å². The first kappa shape index (κ1) is 13.1. The molecule has 1 N–H and O–H groups in total. The molecule has 1 aliphatic rings. The largest absolute Gasteiger partial charge is 0.395 e. The molecule has 0 saturated heterocycles. The molecule has 18 heavy (non-hydrogen) atoms. The molecule has 1 amide bonds. The number of aliphatic hydroxyl groups is 1. The monoisotopic (exact) mass is 251 g/mol. The van der Waals surface area contributed by atoms with Crippen LogP contribution in [0.1, 0.15) is 41.0 Å². The predicted octanol–water partition coefficient (Wildman–Crippen LogP) is 1.02. The van der Waals surface area contributed by atoms with E-state index in [9.17, 15) is 4.79 Å². The van der Waals surface area contributed by atoms with Crippen molar-refractivity contribution in [2.24, 2.45) is 7.05 Å². The van der Waals surface area contributed by atoms with E-state index in [2.05, 4.69) is 5.10 Å². The molecule has 1 heterocycles. The van der Waals surface area contributed by atoms with Gasteiger partial charge in [0.05, 0.1) is 17.9 Å². The van der Waals surface area contributed by atoms with Gasteiger partial charge in [-0.25, -0.2) is 0 Å². The summed E-state index contributed by atoms with van der Waals surface area (Å²) >= 11 is 0. The third kappa shape index (κ3) is 2.14. The molecule has 5 nitrogen and oxygen atoms in total. The summed E-state index contributed by atoms with van der Waals surface area (Å²) in [6.45, 7) is 4.20. The molecule has 0 radical (unpaired) electrons. The minimum absolute atomic E-state index is 0.0110. The number of nitrogens with zero attached hydrogens (tertiary/aromatic N) is 3. The maximum Gasteiger partial charge on any atom is 0.257 e. The van der Waals surface area contributed by atoms with Gasteiger partial charge >= 0.3 is 0 Å². The van der Waals surface area contributed by atoms with Gasteiger partial charge in [0.2, 0.25) is 0 Å². The highest BCUT2D eigenvalue weighted by molar-refractivity contribution is 5.96. The second kappa shape index (κ2) is 5.10. The molecule has 2 rings (SSSR count). The molecule has 0 aliphatic heterocycles. The molecule has 0 aromatic carbocycles. The Morgan fingerprint density at radius 2 is 2.17 bits per heavy atom. The van der Waals surface area contributed by atoms with E-state index < -0.39 is 0 Å². The molecule has 0 bridgehead atoms. The van der Waals surface area contributed by atoms with Crippen molar-refractivity contribution in [3.63, 3.8) is 0 Å². The summed E-state index contributed by atoms with van der Waals surface area (Å²) in [6.07, 6.45) is 3.26. The molecule has 5 heteroatoms. The molecule has 1 fully saturated rings. The smallest absolute Gasteiger partial charge is 0.257 e. The Morgan fingerprint density at radius 3 is 2.56 bits per heavy atom. The Labute approximate surface area is 107 Å². The van der Waals surface area contributed by atoms with Gasteiger partial charge in [0.15, 0.2) is 0 Å². The van der Waals surface area contributed by atoms with Crippen LogP contribution in [-0.4, -0.2) is 44.9 Å². The van der Waals surface area contributed by atoms with Crippen molar-refractivity contribution in [3.05, 3.63) is 17.0 Å². The van der Waals surface area contributed by atoms with E-state index in [-0.39, 0.29) is 12.5 Å². The van der Waals surface area contributed by atoms with Gasteiger partial charge in [-0.3, -0.25) is 9.48 Å². The van der Waals surface area contributed by atoms with Crippen LogP contribution < -0.4 is 0 Å². The van der Waals surface area contributed by atoms with E-state index in [1.165, 1.54) is 6.42 Å². The molecule has 1 aliphatic carbocycles. The van der Waals surface area contributed by atoms with Crippen LogP contribution in [0.2, 0.25) is 0 Å². The summed E-state index contributed by atoms with van der Waals surface area (Å²) < 4.78 is 1.74. The number of carbonyl (C=O) groups is 1. The third-order valence-corrected chi connectivity index (χ3v) is 3.84. The molecule has 0 atom stereocenters. The van der Waals surface area contributed by atoms with Crippen molar-refractivity contribution in [1.29, 1.82) is 0 Å². The quantitative estimate of drug-likeness (QED) is 0.869. The Bertz CT molecular complexity index is 449. The van der Waals surface area contributed by atoms with E-state index in [1.807, 2.05) is 20.9 Å². The van der Waals surface area contributed by atoms with Gasteiger partial charge in [-0.15, -0.1) is 0 Å². The number of aromatic nitrogens is 2. The minimum Gasteiger partial charge on any atom is -0.395 e. The van der Waals surface area contributed by atoms with Crippen LogP contribution in [0.3, 0.4) is 0 Å². The Kier molecular flexibility index (Phi) is 3.71. The van der Waals surface area contributed by atoms with Gasteiger partial charge in [-0.05, 0) is 33.1 Å². The molecule has 100 valence electrons. The van der Waals surface area contributed by atoms with Gasteiger partial charge in [-0.1, -0.05) is 0 Å². The van der Waals surface area contributed by atoms with Crippen molar-refractivity contribution in [1.82, 2.24) is 14.7 Å². The van der Waals surface area contributed by atoms with Crippen LogP contribution in [0.4, 0.5) is 0 Å². The SMILES string of the molecule is Cc1nn(C)c(C)c1C(=O)N(CCO)C1CCC1. The number of amides is 1. The summed E-state index contributed by atoms with van der Waals surface area (Å²) in [7, 11) is 1.85. The molecule has 1 aromatic rings. The Balaban J connectivity index is 2.26. The number of carbonyl (C=O) groups excluding carboxylic acids is 1. The standard InChI is InChI=1S/C13H21N3O2/c1-9-12(10(2)15(3)14-9)13(18)16(7-8-17)11-5-4-6-11/h11,17H,4-8H2,1-3H3. The number of hydrogen-bond donors (Lipinski definition) is 1. The zero-order chi connectivity index (χ0) is 13.3. The van der Waals surface area contributed by atoms with Gasteiger partial charge in [-0.2, -0.15) is 5.10 Å². The molecular formula is C13H21N3O2. The van der Waals surface area contributed by atoms with Crippen molar-refractivity contribution >= 4 is 5.91 Å². The summed E-state index contributed by atoms with van der Waals surface area (Å²) in [6, 6.07) is 0.295. The molecule has 1 aromatic heterocycles. The van der Waals surface area contributed by atoms with Crippen molar-refractivity contribution in [2.45, 2.75) is 39.2 Å². The van der Waals surface area contributed by atoms with Crippen molar-refractivity contribution < 1.29 is 9.90 Å². The summed E-state index contributed by atoms with van der Waals surface area (Å²) in [5.41, 5.74) is 2.35. The van der Waals surface area contributed by atoms with Crippen molar-refractivity contribution in [3.8, 4) is 0 Å². The van der Waals surface area contributed by atoms with E-state index >= 15 is 0 Å². The highest BCUT2D eigenvalue weighted by atomic mass is 16.3. The van der Waals surface area contributed by atoms with Crippen molar-refractivity contribution in [2.75, 3.05) is 13.2 Å². The average molecular weight is 251 g/mol. The maximum absolute atomic E-state index is 12.6. The average Bonchev–Trinajstić information content (AvgIpc) is 2.49. The summed E-state index contributed by atoms with van der Waals surface area (Å²) in [5.74, 6) is 0.0110. The van der Waals surface area contributed by atoms with Crippen LogP contribution in [0.5, 0.6) is 0 Å². The van der Waals surface area contributed by atoms with E-state index in [0.717, 1.165) is 24.2 Å². The maximum atomic E-state index is 12.6. The van der Waals surface area contributed by atoms with Crippen LogP contribution in [-0.2, 0) is 7.05 Å². The van der Waals surface area contributed by atoms with Gasteiger partial charge in [0, 0.05) is 25.3 Å². The lowest BCUT2D eigenvalue weighted by Crippen LogP contribution is -2.46. The number of aryl methyl sites for hydroxylation is 2. The fraction of sp³-hybridized carbons (Fsp3) is 0.692. The summed E-state index contributed by atoms with van der Waals surface area (Å²) in [5, 5.41) is 13.4. The molecule has 0 spiro atoms. The van der Waals surface area contributed by atoms with Crippen LogP contribution in [0.25, 0.3) is 0 Å². The minimum atomic E-state index is 0.0110. The zero-order valence-corrected chi connectivity index (χ0v) is 11.3. The Morgan fingerprint density at radius 1 is 1.50 bits per heavy atom. The fourth-order valence-electron chi connectivity index (χ4n) is 2.48. The zero-order valence-electron chi connectivity index (χ0n) is 11.3. The third-order valence-electron chi connectivity index (χ3n) is 3.84. The lowest BCUT2D eigenvalue weighted by atomic mass is 9.91. The molecule has 1 saturated carbocycles. The highest BCUT2D eigenvalue weighted by Gasteiger charge is 2.31. The number of hydrogen-bond acceptors (Lipinski definition) is 3. The van der Waals surface area contributed by atoms with Gasteiger partial charge < -0.3 is 10.0 Å². The van der Waals surface area contributed by atoms with E-state index in [4.69, 9.17) is 5.11 Å². The second-order valence-electron chi connectivity index (χ2n) is 4.98. The first-order valence-electron chi connectivity index (χ1n) is 6.48. The normalized spacial score (nSPS) is 15.6. The predicted molar refractivity (Wildman–Crippen MR) is 68.4 cm³/mol. The van der Waals surface area contributed by atoms with E-state index in [1.54, 1.807) is 9.58 Å². The highest BCUT2D eigenvalue weighted by Crippen LogP contribution is 2.27. The van der Waals surface area contributed by atoms with Crippen LogP contribution in [0, 0.1) is 13.8 Å². The fourth-order valence-corrected chi connectivity index (χ4v) is 2.48. The Hall–Kier alpha value is -1.36. The topological polar surface area (TPSA) is 58.4 Å². The van der Waals surface area contributed by atoms with Gasteiger partial charge in [0.1, 0.15) is 0 Å². The lowest BCUT2D eigenvalue weighted by Gasteiger charge is -2.37. The molecular weight excluding hydrogens is 230 g/mol. The summed E-state index contributed by atoms with van der Waals surface area (Å²) in [4.78, 5) is 14.4. The number of rotatable bonds is 4. The lowest BCUT2D eigenvalue weighted by molar-refractivity contribution is 0.0524. The first-order valence-corrected chi connectivity index (χ1v) is 6.48. The number of aliphatic hydroxyl groups excluding tert-OH is 1. The van der Waals surface area contributed by atoms with Gasteiger partial charge in [0.25, 0.3) is 5.91 Å². The van der Waals surface area contributed by atoms with Crippen LogP contribution >= 0.6 is 0 Å². The molecule has 0 unspecified atom stereocenters.